The largest absolute Gasteiger partial charge is 0.493 e. The third-order valence-electron chi connectivity index (χ3n) is 5.92. The van der Waals surface area contributed by atoms with Gasteiger partial charge in [-0.05, 0) is 30.6 Å². The van der Waals surface area contributed by atoms with Crippen LogP contribution >= 0.6 is 0 Å². The van der Waals surface area contributed by atoms with Gasteiger partial charge in [0.15, 0.2) is 11.5 Å². The predicted octanol–water partition coefficient (Wildman–Crippen LogP) is 2.28. The van der Waals surface area contributed by atoms with Gasteiger partial charge in [-0.3, -0.25) is 9.69 Å². The normalized spacial score (nSPS) is 24.7. The SMILES string of the molecule is COc1cccc2c1OCC(CN1CC(C(=O)O)C3(CCOCC3)C1)=C2. The molecule has 1 unspecified atom stereocenters. The number of carbonyl (C=O) groups is 1. The molecule has 0 aromatic heterocycles. The molecule has 2 saturated heterocycles. The number of ether oxygens (including phenoxy) is 3. The smallest absolute Gasteiger partial charge is 0.308 e. The van der Waals surface area contributed by atoms with E-state index in [9.17, 15) is 9.90 Å². The van der Waals surface area contributed by atoms with Crippen LogP contribution in [0.4, 0.5) is 0 Å². The second-order valence-corrected chi connectivity index (χ2v) is 7.51. The summed E-state index contributed by atoms with van der Waals surface area (Å²) in [5.74, 6) is 0.526. The molecule has 3 aliphatic heterocycles. The lowest BCUT2D eigenvalue weighted by atomic mass is 9.72. The molecule has 2 fully saturated rings. The molecule has 0 amide bonds. The third kappa shape index (κ3) is 3.08. The summed E-state index contributed by atoms with van der Waals surface area (Å²) in [6, 6.07) is 5.86. The van der Waals surface area contributed by atoms with Crippen molar-refractivity contribution < 1.29 is 24.1 Å². The molecule has 4 rings (SSSR count). The van der Waals surface area contributed by atoms with Gasteiger partial charge < -0.3 is 19.3 Å². The van der Waals surface area contributed by atoms with Crippen LogP contribution in [0.1, 0.15) is 18.4 Å². The summed E-state index contributed by atoms with van der Waals surface area (Å²) < 4.78 is 16.8. The van der Waals surface area contributed by atoms with Crippen LogP contribution in [0.5, 0.6) is 11.5 Å². The second-order valence-electron chi connectivity index (χ2n) is 7.51. The summed E-state index contributed by atoms with van der Waals surface area (Å²) in [6.45, 7) is 3.99. The highest BCUT2D eigenvalue weighted by molar-refractivity contribution is 5.72. The minimum Gasteiger partial charge on any atom is -0.493 e. The predicted molar refractivity (Wildman–Crippen MR) is 96.5 cm³/mol. The lowest BCUT2D eigenvalue weighted by molar-refractivity contribution is -0.146. The highest BCUT2D eigenvalue weighted by atomic mass is 16.5. The molecule has 1 spiro atoms. The average Bonchev–Trinajstić information content (AvgIpc) is 2.99. The van der Waals surface area contributed by atoms with Crippen LogP contribution in [0, 0.1) is 11.3 Å². The van der Waals surface area contributed by atoms with Crippen molar-refractivity contribution in [3.63, 3.8) is 0 Å². The zero-order valence-corrected chi connectivity index (χ0v) is 15.1. The lowest BCUT2D eigenvalue weighted by Crippen LogP contribution is -2.40. The van der Waals surface area contributed by atoms with Crippen molar-refractivity contribution in [2.75, 3.05) is 46.6 Å². The number of methoxy groups -OCH3 is 1. The number of rotatable bonds is 4. The molecule has 3 aliphatic rings. The zero-order chi connectivity index (χ0) is 18.1. The summed E-state index contributed by atoms with van der Waals surface area (Å²) in [6.07, 6.45) is 3.80. The van der Waals surface area contributed by atoms with Crippen LogP contribution in [0.25, 0.3) is 6.08 Å². The lowest BCUT2D eigenvalue weighted by Gasteiger charge is -2.36. The Balaban J connectivity index is 1.51. The summed E-state index contributed by atoms with van der Waals surface area (Å²) in [5, 5.41) is 9.72. The summed E-state index contributed by atoms with van der Waals surface area (Å²) >= 11 is 0. The average molecular weight is 359 g/mol. The van der Waals surface area contributed by atoms with Crippen LogP contribution in [0.2, 0.25) is 0 Å². The molecule has 26 heavy (non-hydrogen) atoms. The number of aliphatic carboxylic acids is 1. The number of fused-ring (bicyclic) bond motifs is 1. The minimum atomic E-state index is -0.682. The maximum atomic E-state index is 11.8. The van der Waals surface area contributed by atoms with E-state index in [1.807, 2.05) is 18.2 Å². The van der Waals surface area contributed by atoms with Crippen molar-refractivity contribution in [2.45, 2.75) is 12.8 Å². The molecule has 0 aliphatic carbocycles. The van der Waals surface area contributed by atoms with Crippen molar-refractivity contribution in [1.82, 2.24) is 4.90 Å². The molecule has 6 heteroatoms. The molecule has 140 valence electrons. The summed E-state index contributed by atoms with van der Waals surface area (Å²) in [5.41, 5.74) is 2.03. The molecule has 3 heterocycles. The highest BCUT2D eigenvalue weighted by Crippen LogP contribution is 2.45. The molecule has 6 nitrogen and oxygen atoms in total. The highest BCUT2D eigenvalue weighted by Gasteiger charge is 2.50. The van der Waals surface area contributed by atoms with Crippen molar-refractivity contribution in [2.24, 2.45) is 11.3 Å². The van der Waals surface area contributed by atoms with Crippen LogP contribution < -0.4 is 9.47 Å². The van der Waals surface area contributed by atoms with Gasteiger partial charge >= 0.3 is 5.97 Å². The Morgan fingerprint density at radius 1 is 1.38 bits per heavy atom. The van der Waals surface area contributed by atoms with E-state index < -0.39 is 5.97 Å². The van der Waals surface area contributed by atoms with E-state index in [1.54, 1.807) is 7.11 Å². The number of benzene rings is 1. The Morgan fingerprint density at radius 2 is 2.19 bits per heavy atom. The number of carboxylic acid groups (broad SMARTS) is 1. The summed E-state index contributed by atoms with van der Waals surface area (Å²) in [7, 11) is 1.64. The van der Waals surface area contributed by atoms with Crippen molar-refractivity contribution in [1.29, 1.82) is 0 Å². The number of likely N-dealkylation sites (tertiary alicyclic amines) is 1. The number of hydrogen-bond acceptors (Lipinski definition) is 5. The Kier molecular flexibility index (Phi) is 4.63. The van der Waals surface area contributed by atoms with E-state index >= 15 is 0 Å². The van der Waals surface area contributed by atoms with Gasteiger partial charge in [0.05, 0.1) is 13.0 Å². The fraction of sp³-hybridized carbons (Fsp3) is 0.550. The Bertz CT molecular complexity index is 723. The van der Waals surface area contributed by atoms with E-state index in [2.05, 4.69) is 11.0 Å². The number of para-hydroxylation sites is 1. The number of nitrogens with zero attached hydrogens (tertiary/aromatic N) is 1. The molecule has 1 aromatic carbocycles. The van der Waals surface area contributed by atoms with Crippen LogP contribution in [0.3, 0.4) is 0 Å². The Hall–Kier alpha value is -2.05. The molecule has 0 saturated carbocycles. The number of carboxylic acids is 1. The molecule has 0 radical (unpaired) electrons. The first-order valence-corrected chi connectivity index (χ1v) is 9.13. The van der Waals surface area contributed by atoms with Gasteiger partial charge in [-0.25, -0.2) is 0 Å². The van der Waals surface area contributed by atoms with E-state index in [1.165, 1.54) is 5.57 Å². The fourth-order valence-corrected chi connectivity index (χ4v) is 4.58. The topological polar surface area (TPSA) is 68.2 Å². The van der Waals surface area contributed by atoms with E-state index in [-0.39, 0.29) is 11.3 Å². The van der Waals surface area contributed by atoms with Crippen LogP contribution in [-0.2, 0) is 9.53 Å². The maximum absolute atomic E-state index is 11.8. The van der Waals surface area contributed by atoms with Crippen molar-refractivity contribution in [3.05, 3.63) is 29.3 Å². The van der Waals surface area contributed by atoms with E-state index in [0.717, 1.165) is 43.0 Å². The minimum absolute atomic E-state index is 0.151. The molecule has 1 N–H and O–H groups in total. The molecule has 0 bridgehead atoms. The molecule has 1 atom stereocenters. The first kappa shape index (κ1) is 17.4. The maximum Gasteiger partial charge on any atom is 0.308 e. The second kappa shape index (κ2) is 6.93. The van der Waals surface area contributed by atoms with Crippen LogP contribution in [0.15, 0.2) is 23.8 Å². The first-order chi connectivity index (χ1) is 12.6. The molecular formula is C20H25NO5. The standard InChI is InChI=1S/C20H25NO5/c1-24-17-4-2-3-15-9-14(12-26-18(15)17)10-21-11-16(19(22)23)20(13-21)5-7-25-8-6-20/h2-4,9,16H,5-8,10-13H2,1H3,(H,22,23). The van der Waals surface area contributed by atoms with Gasteiger partial charge in [-0.1, -0.05) is 12.1 Å². The Morgan fingerprint density at radius 3 is 2.92 bits per heavy atom. The van der Waals surface area contributed by atoms with E-state index in [4.69, 9.17) is 14.2 Å². The molecular weight excluding hydrogens is 334 g/mol. The van der Waals surface area contributed by atoms with Gasteiger partial charge in [0.2, 0.25) is 0 Å². The zero-order valence-electron chi connectivity index (χ0n) is 15.1. The fourth-order valence-electron chi connectivity index (χ4n) is 4.58. The Labute approximate surface area is 153 Å². The monoisotopic (exact) mass is 359 g/mol. The van der Waals surface area contributed by atoms with Crippen molar-refractivity contribution >= 4 is 12.0 Å². The quantitative estimate of drug-likeness (QED) is 0.890. The van der Waals surface area contributed by atoms with Gasteiger partial charge in [-0.15, -0.1) is 0 Å². The molecule has 1 aromatic rings. The van der Waals surface area contributed by atoms with Gasteiger partial charge in [0, 0.05) is 43.8 Å². The first-order valence-electron chi connectivity index (χ1n) is 9.13. The van der Waals surface area contributed by atoms with Gasteiger partial charge in [0.25, 0.3) is 0 Å². The van der Waals surface area contributed by atoms with Gasteiger partial charge in [-0.2, -0.15) is 0 Å². The van der Waals surface area contributed by atoms with Crippen LogP contribution in [-0.4, -0.2) is 62.5 Å². The van der Waals surface area contributed by atoms with E-state index in [0.29, 0.717) is 26.4 Å². The third-order valence-corrected chi connectivity index (χ3v) is 5.92. The van der Waals surface area contributed by atoms with Crippen molar-refractivity contribution in [3.8, 4) is 11.5 Å². The number of hydrogen-bond donors (Lipinski definition) is 1. The summed E-state index contributed by atoms with van der Waals surface area (Å²) in [4.78, 5) is 14.1. The van der Waals surface area contributed by atoms with Gasteiger partial charge in [0.1, 0.15) is 6.61 Å².